The van der Waals surface area contributed by atoms with Crippen molar-refractivity contribution in [1.82, 2.24) is 4.90 Å². The zero-order chi connectivity index (χ0) is 34.3. The van der Waals surface area contributed by atoms with Crippen molar-refractivity contribution in [3.8, 4) is 0 Å². The number of ether oxygens (including phenoxy) is 3. The first-order valence-electron chi connectivity index (χ1n) is 21.0. The van der Waals surface area contributed by atoms with Gasteiger partial charge in [-0.2, -0.15) is 0 Å². The van der Waals surface area contributed by atoms with Gasteiger partial charge in [-0.15, -0.1) is 0 Å². The molecule has 0 bridgehead atoms. The van der Waals surface area contributed by atoms with E-state index in [1.165, 1.54) is 141 Å². The average molecular weight is 672 g/mol. The highest BCUT2D eigenvalue weighted by Gasteiger charge is 2.15. The summed E-state index contributed by atoms with van der Waals surface area (Å²) in [5, 5.41) is 0. The molecule has 0 aromatic carbocycles. The van der Waals surface area contributed by atoms with Crippen LogP contribution in [-0.4, -0.2) is 63.7 Å². The van der Waals surface area contributed by atoms with Crippen LogP contribution < -0.4 is 0 Å². The van der Waals surface area contributed by atoms with Gasteiger partial charge in [0.2, 0.25) is 0 Å². The fourth-order valence-electron chi connectivity index (χ4n) is 6.11. The third-order valence-electron chi connectivity index (χ3n) is 9.36. The smallest absolute Gasteiger partial charge is 0.0820 e. The number of hydrogen-bond donors (Lipinski definition) is 0. The Kier molecular flexibility index (Phi) is 36.0. The van der Waals surface area contributed by atoms with Crippen LogP contribution in [0.1, 0.15) is 174 Å². The molecule has 280 valence electrons. The summed E-state index contributed by atoms with van der Waals surface area (Å²) in [5.41, 5.74) is 0. The minimum absolute atomic E-state index is 0.218. The molecule has 48 heavy (non-hydrogen) atoms. The van der Waals surface area contributed by atoms with Gasteiger partial charge in [-0.05, 0) is 83.5 Å². The molecule has 0 radical (unpaired) electrons. The predicted molar refractivity (Wildman–Crippen MR) is 211 cm³/mol. The van der Waals surface area contributed by atoms with Crippen LogP contribution in [0.4, 0.5) is 0 Å². The summed E-state index contributed by atoms with van der Waals surface area (Å²) >= 11 is 0. The maximum Gasteiger partial charge on any atom is 0.0820 e. The second-order valence-corrected chi connectivity index (χ2v) is 14.0. The molecule has 0 aromatic heterocycles. The van der Waals surface area contributed by atoms with Crippen LogP contribution in [0.15, 0.2) is 48.6 Å². The third-order valence-corrected chi connectivity index (χ3v) is 9.36. The predicted octanol–water partition coefficient (Wildman–Crippen LogP) is 12.7. The molecule has 0 aromatic rings. The largest absolute Gasteiger partial charge is 0.379 e. The van der Waals surface area contributed by atoms with Gasteiger partial charge in [0.05, 0.1) is 25.9 Å². The average Bonchev–Trinajstić information content (AvgIpc) is 3.11. The van der Waals surface area contributed by atoms with E-state index in [0.717, 1.165) is 71.9 Å². The molecule has 0 spiro atoms. The molecule has 4 heteroatoms. The van der Waals surface area contributed by atoms with Crippen molar-refractivity contribution < 1.29 is 14.2 Å². The SMILES string of the molecule is CCCCCC=CCC=CCCCCCCCCOCC(CCN1CCOCC1)OCCCCCCCCC=CCC=CCCCCC. The van der Waals surface area contributed by atoms with Crippen molar-refractivity contribution in [3.05, 3.63) is 48.6 Å². The van der Waals surface area contributed by atoms with Gasteiger partial charge < -0.3 is 14.2 Å². The lowest BCUT2D eigenvalue weighted by Gasteiger charge is -2.28. The fraction of sp³-hybridized carbons (Fsp3) is 0.818. The zero-order valence-electron chi connectivity index (χ0n) is 32.2. The molecule has 0 N–H and O–H groups in total. The molecule has 1 atom stereocenters. The first kappa shape index (κ1) is 44.8. The van der Waals surface area contributed by atoms with E-state index in [2.05, 4.69) is 67.4 Å². The van der Waals surface area contributed by atoms with Crippen molar-refractivity contribution >= 4 is 0 Å². The lowest BCUT2D eigenvalue weighted by atomic mass is 10.1. The first-order valence-corrected chi connectivity index (χ1v) is 21.0. The maximum absolute atomic E-state index is 6.38. The van der Waals surface area contributed by atoms with E-state index in [1.807, 2.05) is 0 Å². The summed E-state index contributed by atoms with van der Waals surface area (Å²) in [6.45, 7) is 11.9. The highest BCUT2D eigenvalue weighted by atomic mass is 16.5. The van der Waals surface area contributed by atoms with Crippen LogP contribution in [0.3, 0.4) is 0 Å². The third kappa shape index (κ3) is 33.3. The van der Waals surface area contributed by atoms with Crippen LogP contribution in [0.2, 0.25) is 0 Å². The van der Waals surface area contributed by atoms with Crippen molar-refractivity contribution in [3.63, 3.8) is 0 Å². The van der Waals surface area contributed by atoms with Crippen LogP contribution in [-0.2, 0) is 14.2 Å². The molecular weight excluding hydrogens is 590 g/mol. The number of morpholine rings is 1. The Morgan fingerprint density at radius 3 is 1.46 bits per heavy atom. The summed E-state index contributed by atoms with van der Waals surface area (Å²) in [5.74, 6) is 0. The van der Waals surface area contributed by atoms with E-state index >= 15 is 0 Å². The summed E-state index contributed by atoms with van der Waals surface area (Å²) in [4.78, 5) is 2.52. The first-order chi connectivity index (χ1) is 23.9. The molecule has 1 rings (SSSR count). The van der Waals surface area contributed by atoms with Crippen molar-refractivity contribution in [2.75, 3.05) is 52.7 Å². The summed E-state index contributed by atoms with van der Waals surface area (Å²) in [7, 11) is 0. The normalized spacial score (nSPS) is 15.3. The van der Waals surface area contributed by atoms with Crippen LogP contribution >= 0.6 is 0 Å². The second kappa shape index (κ2) is 38.6. The Morgan fingerprint density at radius 2 is 0.958 bits per heavy atom. The van der Waals surface area contributed by atoms with Gasteiger partial charge in [0, 0.05) is 32.8 Å². The van der Waals surface area contributed by atoms with E-state index in [4.69, 9.17) is 14.2 Å². The molecule has 4 nitrogen and oxygen atoms in total. The highest BCUT2D eigenvalue weighted by molar-refractivity contribution is 4.93. The molecule has 0 aliphatic carbocycles. The minimum atomic E-state index is 0.218. The van der Waals surface area contributed by atoms with Gasteiger partial charge in [0.1, 0.15) is 0 Å². The number of rotatable bonds is 36. The lowest BCUT2D eigenvalue weighted by molar-refractivity contribution is -0.0319. The zero-order valence-corrected chi connectivity index (χ0v) is 32.2. The molecule has 1 aliphatic heterocycles. The maximum atomic E-state index is 6.38. The number of unbranched alkanes of at least 4 members (excludes halogenated alkanes) is 18. The lowest BCUT2D eigenvalue weighted by Crippen LogP contribution is -2.38. The van der Waals surface area contributed by atoms with E-state index in [9.17, 15) is 0 Å². The van der Waals surface area contributed by atoms with Crippen molar-refractivity contribution in [2.24, 2.45) is 0 Å². The molecule has 1 saturated heterocycles. The molecule has 1 fully saturated rings. The standard InChI is InChI=1S/C44H81NO3/c1-3-5-7-9-11-13-15-17-19-21-23-25-27-29-31-33-39-47-43-44(35-36-45-37-41-46-42-38-45)48-40-34-32-30-28-26-24-22-20-18-16-14-12-10-8-6-4-2/h11-14,17-20,44H,3-10,15-16,21-43H2,1-2H3. The van der Waals surface area contributed by atoms with Crippen LogP contribution in [0.5, 0.6) is 0 Å². The Bertz CT molecular complexity index is 739. The van der Waals surface area contributed by atoms with Crippen LogP contribution in [0, 0.1) is 0 Å². The van der Waals surface area contributed by atoms with E-state index < -0.39 is 0 Å². The quantitative estimate of drug-likeness (QED) is 0.0490. The van der Waals surface area contributed by atoms with Crippen LogP contribution in [0.25, 0.3) is 0 Å². The monoisotopic (exact) mass is 672 g/mol. The van der Waals surface area contributed by atoms with E-state index in [0.29, 0.717) is 0 Å². The number of hydrogen-bond acceptors (Lipinski definition) is 4. The van der Waals surface area contributed by atoms with Crippen molar-refractivity contribution in [1.29, 1.82) is 0 Å². The molecular formula is C44H81NO3. The number of nitrogens with zero attached hydrogens (tertiary/aromatic N) is 1. The summed E-state index contributed by atoms with van der Waals surface area (Å²) in [6.07, 6.45) is 50.8. The molecule has 0 amide bonds. The number of allylic oxidation sites excluding steroid dienone is 8. The Morgan fingerprint density at radius 1 is 0.521 bits per heavy atom. The summed E-state index contributed by atoms with van der Waals surface area (Å²) in [6, 6.07) is 0. The second-order valence-electron chi connectivity index (χ2n) is 14.0. The molecule has 0 saturated carbocycles. The Balaban J connectivity index is 2.03. The highest BCUT2D eigenvalue weighted by Crippen LogP contribution is 2.12. The molecule has 1 unspecified atom stereocenters. The van der Waals surface area contributed by atoms with Crippen molar-refractivity contribution in [2.45, 2.75) is 180 Å². The Hall–Kier alpha value is -1.20. The van der Waals surface area contributed by atoms with Gasteiger partial charge >= 0.3 is 0 Å². The Labute approximate surface area is 300 Å². The van der Waals surface area contributed by atoms with Gasteiger partial charge in [-0.25, -0.2) is 0 Å². The van der Waals surface area contributed by atoms with Gasteiger partial charge in [0.15, 0.2) is 0 Å². The topological polar surface area (TPSA) is 30.9 Å². The van der Waals surface area contributed by atoms with Gasteiger partial charge in [-0.3, -0.25) is 4.90 Å². The van der Waals surface area contributed by atoms with E-state index in [1.54, 1.807) is 0 Å². The minimum Gasteiger partial charge on any atom is -0.379 e. The fourth-order valence-corrected chi connectivity index (χ4v) is 6.11. The molecule has 1 aliphatic rings. The summed E-state index contributed by atoms with van der Waals surface area (Å²) < 4.78 is 18.1. The van der Waals surface area contributed by atoms with E-state index in [-0.39, 0.29) is 6.10 Å². The van der Waals surface area contributed by atoms with Gasteiger partial charge in [-0.1, -0.05) is 140 Å². The van der Waals surface area contributed by atoms with Gasteiger partial charge in [0.25, 0.3) is 0 Å². The molecule has 1 heterocycles.